The van der Waals surface area contributed by atoms with Gasteiger partial charge in [-0.1, -0.05) is 13.8 Å². The van der Waals surface area contributed by atoms with Gasteiger partial charge in [-0.2, -0.15) is 0 Å². The molecule has 8 nitrogen and oxygen atoms in total. The highest BCUT2D eigenvalue weighted by Gasteiger charge is 2.60. The lowest BCUT2D eigenvalue weighted by Crippen LogP contribution is -2.82. The smallest absolute Gasteiger partial charge is 0.410 e. The maximum atomic E-state index is 13.1. The summed E-state index contributed by atoms with van der Waals surface area (Å²) >= 11 is 0. The number of ether oxygens (including phenoxy) is 1. The van der Waals surface area contributed by atoms with Crippen molar-refractivity contribution in [2.75, 3.05) is 39.3 Å². The van der Waals surface area contributed by atoms with Gasteiger partial charge < -0.3 is 19.6 Å². The van der Waals surface area contributed by atoms with Crippen LogP contribution in [0.1, 0.15) is 41.5 Å². The van der Waals surface area contributed by atoms with Gasteiger partial charge in [-0.05, 0) is 33.6 Å². The zero-order valence-electron chi connectivity index (χ0n) is 17.3. The van der Waals surface area contributed by atoms with Crippen LogP contribution in [-0.2, 0) is 14.3 Å². The van der Waals surface area contributed by atoms with Crippen LogP contribution in [-0.4, -0.2) is 94.1 Å². The second-order valence-electron chi connectivity index (χ2n) is 9.02. The van der Waals surface area contributed by atoms with Crippen molar-refractivity contribution in [2.24, 2.45) is 5.92 Å². The molecule has 0 aliphatic carbocycles. The number of aliphatic hydroxyl groups is 1. The molecule has 1 N–H and O–H groups in total. The van der Waals surface area contributed by atoms with E-state index in [0.717, 1.165) is 6.54 Å². The topological polar surface area (TPSA) is 90.4 Å². The number of amides is 2. The molecule has 0 aromatic rings. The Balaban J connectivity index is 2.21. The highest BCUT2D eigenvalue weighted by molar-refractivity contribution is 5.98. The Morgan fingerprint density at radius 3 is 2.30 bits per heavy atom. The first-order valence-corrected chi connectivity index (χ1v) is 9.56. The average molecular weight is 383 g/mol. The maximum absolute atomic E-state index is 13.1. The number of Topliss-reactive ketones (excluding diaryl/α,β-unsaturated/α-hetero) is 1. The second-order valence-corrected chi connectivity index (χ2v) is 9.02. The molecule has 2 aliphatic heterocycles. The van der Waals surface area contributed by atoms with E-state index in [2.05, 4.69) is 18.7 Å². The van der Waals surface area contributed by atoms with Gasteiger partial charge in [0.05, 0.1) is 19.7 Å². The average Bonchev–Trinajstić information content (AvgIpc) is 2.53. The molecule has 2 aliphatic rings. The number of piperazine rings is 1. The van der Waals surface area contributed by atoms with Gasteiger partial charge >= 0.3 is 6.09 Å². The molecule has 2 rings (SSSR count). The summed E-state index contributed by atoms with van der Waals surface area (Å²) < 4.78 is 5.47. The molecular formula is C19H33N3O5. The summed E-state index contributed by atoms with van der Waals surface area (Å²) in [7, 11) is 0. The minimum absolute atomic E-state index is 0.203. The van der Waals surface area contributed by atoms with E-state index in [1.54, 1.807) is 4.90 Å². The summed E-state index contributed by atoms with van der Waals surface area (Å²) in [6.45, 7) is 12.9. The number of carbonyl (C=O) groups excluding carboxylic acids is 3. The van der Waals surface area contributed by atoms with E-state index in [9.17, 15) is 19.5 Å². The predicted octanol–water partition coefficient (Wildman–Crippen LogP) is 0.726. The van der Waals surface area contributed by atoms with Crippen LogP contribution in [0, 0.1) is 5.92 Å². The van der Waals surface area contributed by atoms with Gasteiger partial charge in [0.25, 0.3) is 0 Å². The Bertz CT molecular complexity index is 601. The molecule has 0 bridgehead atoms. The zero-order valence-corrected chi connectivity index (χ0v) is 17.3. The first-order valence-electron chi connectivity index (χ1n) is 9.56. The predicted molar refractivity (Wildman–Crippen MR) is 100 cm³/mol. The molecule has 2 heterocycles. The Labute approximate surface area is 161 Å². The first-order chi connectivity index (χ1) is 12.4. The van der Waals surface area contributed by atoms with Crippen LogP contribution >= 0.6 is 0 Å². The molecule has 1 unspecified atom stereocenters. The van der Waals surface area contributed by atoms with Gasteiger partial charge in [-0.3, -0.25) is 14.5 Å². The Hall–Kier alpha value is -1.67. The molecule has 0 aromatic heterocycles. The number of hydrogen-bond donors (Lipinski definition) is 1. The number of likely N-dealkylation sites (tertiary alicyclic amines) is 1. The summed E-state index contributed by atoms with van der Waals surface area (Å²) in [5.41, 5.74) is -1.45. The molecule has 0 saturated carbocycles. The molecule has 2 amide bonds. The normalized spacial score (nSPS) is 25.0. The third-order valence-corrected chi connectivity index (χ3v) is 5.04. The number of hydrogen-bond acceptors (Lipinski definition) is 6. The van der Waals surface area contributed by atoms with Crippen LogP contribution in [0.25, 0.3) is 0 Å². The van der Waals surface area contributed by atoms with Crippen LogP contribution < -0.4 is 0 Å². The van der Waals surface area contributed by atoms with E-state index in [1.165, 1.54) is 11.8 Å². The van der Waals surface area contributed by atoms with E-state index in [-0.39, 0.29) is 18.2 Å². The lowest BCUT2D eigenvalue weighted by molar-refractivity contribution is -0.180. The summed E-state index contributed by atoms with van der Waals surface area (Å²) in [6.07, 6.45) is -0.428. The second kappa shape index (κ2) is 7.75. The van der Waals surface area contributed by atoms with Crippen molar-refractivity contribution in [3.63, 3.8) is 0 Å². The fourth-order valence-corrected chi connectivity index (χ4v) is 3.79. The summed E-state index contributed by atoms with van der Waals surface area (Å²) in [4.78, 5) is 42.5. The van der Waals surface area contributed by atoms with E-state index in [0.29, 0.717) is 25.6 Å². The van der Waals surface area contributed by atoms with Crippen molar-refractivity contribution in [1.82, 2.24) is 14.7 Å². The lowest BCUT2D eigenvalue weighted by Gasteiger charge is -2.59. The van der Waals surface area contributed by atoms with E-state index in [1.807, 2.05) is 20.8 Å². The highest BCUT2D eigenvalue weighted by Crippen LogP contribution is 2.35. The fraction of sp³-hybridized carbons (Fsp3) is 0.842. The first kappa shape index (κ1) is 21.6. The van der Waals surface area contributed by atoms with E-state index >= 15 is 0 Å². The molecule has 27 heavy (non-hydrogen) atoms. The number of aliphatic hydroxyl groups excluding tert-OH is 1. The van der Waals surface area contributed by atoms with Crippen LogP contribution in [0.2, 0.25) is 0 Å². The summed E-state index contributed by atoms with van der Waals surface area (Å²) in [6, 6.07) is -0.819. The van der Waals surface area contributed by atoms with Gasteiger partial charge in [0, 0.05) is 19.6 Å². The van der Waals surface area contributed by atoms with Crippen LogP contribution in [0.4, 0.5) is 4.79 Å². The largest absolute Gasteiger partial charge is 0.444 e. The van der Waals surface area contributed by atoms with Crippen molar-refractivity contribution >= 4 is 17.8 Å². The van der Waals surface area contributed by atoms with Crippen LogP contribution in [0.5, 0.6) is 0 Å². The molecule has 2 atom stereocenters. The lowest BCUT2D eigenvalue weighted by atomic mass is 9.81. The summed E-state index contributed by atoms with van der Waals surface area (Å²) in [5.74, 6) is -0.0835. The molecule has 2 fully saturated rings. The van der Waals surface area contributed by atoms with Gasteiger partial charge in [-0.15, -0.1) is 0 Å². The Kier molecular flexibility index (Phi) is 6.21. The van der Waals surface area contributed by atoms with E-state index < -0.39 is 29.9 Å². The van der Waals surface area contributed by atoms with Gasteiger partial charge in [0.2, 0.25) is 5.91 Å². The Morgan fingerprint density at radius 2 is 1.85 bits per heavy atom. The molecule has 0 radical (unpaired) electrons. The van der Waals surface area contributed by atoms with E-state index in [4.69, 9.17) is 4.74 Å². The maximum Gasteiger partial charge on any atom is 0.410 e. The molecule has 154 valence electrons. The SMILES string of the molecule is CC(=O)[C@H](CO)N1CC2(CN(C(=O)OC(C)(C)C)CCN2CC(C)C)C1=O. The Morgan fingerprint density at radius 1 is 1.22 bits per heavy atom. The minimum Gasteiger partial charge on any atom is -0.444 e. The van der Waals surface area contributed by atoms with Crippen molar-refractivity contribution in [1.29, 1.82) is 0 Å². The van der Waals surface area contributed by atoms with Crippen LogP contribution in [0.3, 0.4) is 0 Å². The molecular weight excluding hydrogens is 350 g/mol. The van der Waals surface area contributed by atoms with Gasteiger partial charge in [0.1, 0.15) is 17.2 Å². The number of nitrogens with zero attached hydrogens (tertiary/aromatic N) is 3. The van der Waals surface area contributed by atoms with Gasteiger partial charge in [0.15, 0.2) is 5.78 Å². The molecule has 8 heteroatoms. The molecule has 0 aromatic carbocycles. The van der Waals surface area contributed by atoms with Crippen molar-refractivity contribution in [3.8, 4) is 0 Å². The van der Waals surface area contributed by atoms with Crippen LogP contribution in [0.15, 0.2) is 0 Å². The molecule has 2 saturated heterocycles. The highest BCUT2D eigenvalue weighted by atomic mass is 16.6. The monoisotopic (exact) mass is 383 g/mol. The van der Waals surface area contributed by atoms with Crippen molar-refractivity contribution < 1.29 is 24.2 Å². The van der Waals surface area contributed by atoms with Gasteiger partial charge in [-0.25, -0.2) is 4.79 Å². The summed E-state index contributed by atoms with van der Waals surface area (Å²) in [5, 5.41) is 9.50. The van der Waals surface area contributed by atoms with Crippen molar-refractivity contribution in [2.45, 2.75) is 58.7 Å². The molecule has 1 spiro atoms. The quantitative estimate of drug-likeness (QED) is 0.704. The third-order valence-electron chi connectivity index (χ3n) is 5.04. The number of ketones is 1. The minimum atomic E-state index is -0.845. The third kappa shape index (κ3) is 4.43. The zero-order chi connectivity index (χ0) is 20.6. The number of β-lactam (4-membered cyclic amide) rings is 1. The van der Waals surface area contributed by atoms with Crippen molar-refractivity contribution in [3.05, 3.63) is 0 Å². The fourth-order valence-electron chi connectivity index (χ4n) is 3.79. The number of rotatable bonds is 5. The standard InChI is InChI=1S/C19H33N3O5/c1-13(2)9-21-8-7-20(17(26)27-18(4,5)6)11-19(21)12-22(16(19)25)15(10-23)14(3)24/h13,15,23H,7-12H2,1-6H3/t15-,19?/m0/s1. The number of carbonyl (C=O) groups is 3.